The van der Waals surface area contributed by atoms with Gasteiger partial charge in [0.25, 0.3) is 0 Å². The van der Waals surface area contributed by atoms with Crippen LogP contribution in [-0.4, -0.2) is 13.7 Å². The van der Waals surface area contributed by atoms with E-state index in [4.69, 9.17) is 0 Å². The maximum Gasteiger partial charge on any atom is 0.0782 e. The van der Waals surface area contributed by atoms with E-state index in [1.165, 1.54) is 87.7 Å². The maximum absolute atomic E-state index is 2.49. The lowest BCUT2D eigenvalue weighted by Gasteiger charge is -2.15. The Morgan fingerprint density at radius 3 is 1.60 bits per heavy atom. The highest BCUT2D eigenvalue weighted by Crippen LogP contribution is 2.42. The number of fused-ring (bicyclic) bond motifs is 9. The fourth-order valence-electron chi connectivity index (χ4n) is 8.66. The van der Waals surface area contributed by atoms with E-state index in [0.717, 1.165) is 11.4 Å². The first kappa shape index (κ1) is 28.9. The van der Waals surface area contributed by atoms with Crippen molar-refractivity contribution < 1.29 is 0 Å². The number of aryl methyl sites for hydroxylation is 1. The van der Waals surface area contributed by atoms with E-state index in [0.29, 0.717) is 0 Å². The van der Waals surface area contributed by atoms with Gasteiger partial charge in [-0.05, 0) is 76.9 Å². The van der Waals surface area contributed by atoms with Gasteiger partial charge in [-0.1, -0.05) is 127 Å². The number of para-hydroxylation sites is 4. The van der Waals surface area contributed by atoms with E-state index in [9.17, 15) is 0 Å². The first-order chi connectivity index (χ1) is 25.7. The van der Waals surface area contributed by atoms with Crippen LogP contribution in [0, 0.1) is 0 Å². The number of hydrogen-bond donors (Lipinski definition) is 0. The summed E-state index contributed by atoms with van der Waals surface area (Å²) in [6.45, 7) is 0. The molecule has 52 heavy (non-hydrogen) atoms. The summed E-state index contributed by atoms with van der Waals surface area (Å²) >= 11 is 0. The Labute approximate surface area is 300 Å². The van der Waals surface area contributed by atoms with Gasteiger partial charge < -0.3 is 13.7 Å². The fourth-order valence-corrected chi connectivity index (χ4v) is 8.66. The Morgan fingerprint density at radius 1 is 0.308 bits per heavy atom. The zero-order valence-electron chi connectivity index (χ0n) is 28.7. The summed E-state index contributed by atoms with van der Waals surface area (Å²) in [4.78, 5) is 0. The standard InChI is InChI=1S/C49H33N3/c1-50-43-24-8-5-21-38(43)41-30-42-39-22-7-10-26-45(39)52(48(42)31-47(41)50)46-27-13-23-40-37-20-6-9-25-44(37)51(49(40)46)36-19-12-18-35(29-36)34-17-11-16-33(28-34)32-14-3-2-4-15-32/h2-31H,1H3. The van der Waals surface area contributed by atoms with Gasteiger partial charge >= 0.3 is 0 Å². The Balaban J connectivity index is 1.20. The summed E-state index contributed by atoms with van der Waals surface area (Å²) in [5.41, 5.74) is 14.4. The molecule has 11 rings (SSSR count). The first-order valence-corrected chi connectivity index (χ1v) is 17.9. The molecular formula is C49H33N3. The number of benzene rings is 8. The second kappa shape index (κ2) is 11.1. The molecule has 0 aliphatic heterocycles. The Morgan fingerprint density at radius 2 is 0.827 bits per heavy atom. The second-order valence-corrected chi connectivity index (χ2v) is 13.8. The SMILES string of the molecule is Cn1c2ccccc2c2cc3c4ccccc4n(-c4cccc5c6ccccc6n(-c6cccc(-c7cccc(-c8ccccc8)c7)c6)c45)c3cc21. The lowest BCUT2D eigenvalue weighted by molar-refractivity contribution is 1.01. The van der Waals surface area contributed by atoms with Gasteiger partial charge in [-0.2, -0.15) is 0 Å². The minimum absolute atomic E-state index is 1.14. The molecule has 3 heteroatoms. The number of nitrogens with zero attached hydrogens (tertiary/aromatic N) is 3. The third kappa shape index (κ3) is 4.14. The molecule has 3 aromatic heterocycles. The molecule has 0 aliphatic rings. The van der Waals surface area contributed by atoms with E-state index in [-0.39, 0.29) is 0 Å². The lowest BCUT2D eigenvalue weighted by Crippen LogP contribution is -2.01. The van der Waals surface area contributed by atoms with Gasteiger partial charge in [0.2, 0.25) is 0 Å². The molecule has 0 bridgehead atoms. The number of hydrogen-bond acceptors (Lipinski definition) is 0. The summed E-state index contributed by atoms with van der Waals surface area (Å²) < 4.78 is 7.30. The number of rotatable bonds is 4. The molecule has 0 atom stereocenters. The molecule has 0 N–H and O–H groups in total. The van der Waals surface area contributed by atoms with Crippen molar-refractivity contribution >= 4 is 65.4 Å². The zero-order valence-corrected chi connectivity index (χ0v) is 28.7. The molecule has 11 aromatic rings. The van der Waals surface area contributed by atoms with Gasteiger partial charge in [-0.15, -0.1) is 0 Å². The zero-order chi connectivity index (χ0) is 34.3. The molecule has 0 fully saturated rings. The van der Waals surface area contributed by atoms with Crippen LogP contribution in [0.1, 0.15) is 0 Å². The van der Waals surface area contributed by atoms with Crippen LogP contribution in [0.25, 0.3) is 99.0 Å². The first-order valence-electron chi connectivity index (χ1n) is 17.9. The minimum atomic E-state index is 1.14. The van der Waals surface area contributed by atoms with Crippen LogP contribution in [0.4, 0.5) is 0 Å². The third-order valence-electron chi connectivity index (χ3n) is 11.0. The summed E-state index contributed by atoms with van der Waals surface area (Å²) in [5.74, 6) is 0. The van der Waals surface area contributed by atoms with E-state index in [2.05, 4.69) is 203 Å². The molecule has 0 radical (unpaired) electrons. The molecule has 8 aromatic carbocycles. The van der Waals surface area contributed by atoms with Crippen LogP contribution in [0.3, 0.4) is 0 Å². The average Bonchev–Trinajstić information content (AvgIpc) is 3.83. The van der Waals surface area contributed by atoms with Gasteiger partial charge in [-0.3, -0.25) is 0 Å². The molecule has 0 aliphatic carbocycles. The highest BCUT2D eigenvalue weighted by molar-refractivity contribution is 6.20. The number of aromatic nitrogens is 3. The summed E-state index contributed by atoms with van der Waals surface area (Å²) in [6.07, 6.45) is 0. The van der Waals surface area contributed by atoms with E-state index in [1.807, 2.05) is 0 Å². The smallest absolute Gasteiger partial charge is 0.0782 e. The van der Waals surface area contributed by atoms with Crippen LogP contribution in [-0.2, 0) is 7.05 Å². The largest absolute Gasteiger partial charge is 0.344 e. The molecular weight excluding hydrogens is 631 g/mol. The van der Waals surface area contributed by atoms with Crippen molar-refractivity contribution in [2.24, 2.45) is 7.05 Å². The topological polar surface area (TPSA) is 14.8 Å². The van der Waals surface area contributed by atoms with Crippen molar-refractivity contribution in [2.45, 2.75) is 0 Å². The van der Waals surface area contributed by atoms with Gasteiger partial charge in [0.05, 0.1) is 33.3 Å². The van der Waals surface area contributed by atoms with Crippen LogP contribution in [0.15, 0.2) is 182 Å². The molecule has 3 heterocycles. The van der Waals surface area contributed by atoms with Crippen LogP contribution in [0.2, 0.25) is 0 Å². The summed E-state index contributed by atoms with van der Waals surface area (Å²) in [6, 6.07) is 66.5. The van der Waals surface area contributed by atoms with Crippen molar-refractivity contribution in [3.05, 3.63) is 182 Å². The van der Waals surface area contributed by atoms with Crippen LogP contribution < -0.4 is 0 Å². The van der Waals surface area contributed by atoms with Gasteiger partial charge in [0, 0.05) is 50.6 Å². The minimum Gasteiger partial charge on any atom is -0.344 e. The van der Waals surface area contributed by atoms with Crippen LogP contribution in [0.5, 0.6) is 0 Å². The highest BCUT2D eigenvalue weighted by Gasteiger charge is 2.21. The van der Waals surface area contributed by atoms with Crippen LogP contribution >= 0.6 is 0 Å². The van der Waals surface area contributed by atoms with E-state index < -0.39 is 0 Å². The average molecular weight is 664 g/mol. The molecule has 0 saturated carbocycles. The van der Waals surface area contributed by atoms with Gasteiger partial charge in [-0.25, -0.2) is 0 Å². The van der Waals surface area contributed by atoms with Crippen molar-refractivity contribution in [3.8, 4) is 33.6 Å². The van der Waals surface area contributed by atoms with Gasteiger partial charge in [0.1, 0.15) is 0 Å². The second-order valence-electron chi connectivity index (χ2n) is 13.8. The Bertz CT molecular complexity index is 3190. The monoisotopic (exact) mass is 663 g/mol. The molecule has 0 amide bonds. The summed E-state index contributed by atoms with van der Waals surface area (Å²) in [5, 5.41) is 7.57. The maximum atomic E-state index is 2.49. The predicted molar refractivity (Wildman–Crippen MR) is 220 cm³/mol. The van der Waals surface area contributed by atoms with Crippen molar-refractivity contribution in [2.75, 3.05) is 0 Å². The Hall–Kier alpha value is -6.84. The third-order valence-corrected chi connectivity index (χ3v) is 11.0. The fraction of sp³-hybridized carbons (Fsp3) is 0.0204. The van der Waals surface area contributed by atoms with Crippen molar-refractivity contribution in [3.63, 3.8) is 0 Å². The highest BCUT2D eigenvalue weighted by atomic mass is 15.1. The lowest BCUT2D eigenvalue weighted by atomic mass is 9.99. The quantitative estimate of drug-likeness (QED) is 0.178. The van der Waals surface area contributed by atoms with Crippen molar-refractivity contribution in [1.82, 2.24) is 13.7 Å². The van der Waals surface area contributed by atoms with E-state index in [1.54, 1.807) is 0 Å². The normalized spacial score (nSPS) is 11.9. The summed E-state index contributed by atoms with van der Waals surface area (Å²) in [7, 11) is 2.19. The molecule has 244 valence electrons. The molecule has 0 saturated heterocycles. The molecule has 0 spiro atoms. The Kier molecular flexibility index (Phi) is 6.17. The predicted octanol–water partition coefficient (Wildman–Crippen LogP) is 12.9. The van der Waals surface area contributed by atoms with Crippen molar-refractivity contribution in [1.29, 1.82) is 0 Å². The van der Waals surface area contributed by atoms with E-state index >= 15 is 0 Å². The molecule has 0 unspecified atom stereocenters. The van der Waals surface area contributed by atoms with Gasteiger partial charge in [0.15, 0.2) is 0 Å². The molecule has 3 nitrogen and oxygen atoms in total.